The molecule has 2 amide bonds. The van der Waals surface area contributed by atoms with E-state index in [0.29, 0.717) is 0 Å². The first-order valence-electron chi connectivity index (χ1n) is 1.71. The Morgan fingerprint density at radius 1 is 1.33 bits per heavy atom. The molecule has 0 bridgehead atoms. The Bertz CT molecular complexity index is 75.1. The first kappa shape index (κ1) is 15.8. The predicted octanol–water partition coefficient (Wildman–Crippen LogP) is -0.888. The van der Waals surface area contributed by atoms with Crippen molar-refractivity contribution in [1.82, 2.24) is 0 Å². The van der Waals surface area contributed by atoms with Crippen molar-refractivity contribution >= 4 is 12.0 Å². The van der Waals surface area contributed by atoms with Crippen LogP contribution in [0.15, 0.2) is 0 Å². The molecule has 0 aromatic rings. The second kappa shape index (κ2) is 10.6. The maximum absolute atomic E-state index is 9.00. The largest absolute Gasteiger partial charge is 0.481 e. The SMILES string of the molecule is CC(=O)O.NC(N)=O.[Zr]. The van der Waals surface area contributed by atoms with Crippen molar-refractivity contribution < 1.29 is 40.9 Å². The summed E-state index contributed by atoms with van der Waals surface area (Å²) in [5, 5.41) is 7.42. The summed E-state index contributed by atoms with van der Waals surface area (Å²) >= 11 is 0. The molecular weight excluding hydrogens is 203 g/mol. The number of primary amides is 2. The van der Waals surface area contributed by atoms with Crippen molar-refractivity contribution in [3.63, 3.8) is 0 Å². The first-order chi connectivity index (χ1) is 3.46. The van der Waals surface area contributed by atoms with Gasteiger partial charge in [0.25, 0.3) is 5.97 Å². The topological polar surface area (TPSA) is 106 Å². The van der Waals surface area contributed by atoms with Gasteiger partial charge in [-0.25, -0.2) is 4.79 Å². The molecule has 0 radical (unpaired) electrons. The van der Waals surface area contributed by atoms with Crippen LogP contribution < -0.4 is 11.5 Å². The molecule has 0 atom stereocenters. The number of urea groups is 1. The zero-order chi connectivity index (χ0) is 7.15. The number of carboxylic acid groups (broad SMARTS) is 1. The quantitative estimate of drug-likeness (QED) is 0.484. The van der Waals surface area contributed by atoms with Crippen LogP contribution in [-0.4, -0.2) is 17.1 Å². The number of carbonyl (C=O) groups excluding carboxylic acids is 1. The van der Waals surface area contributed by atoms with Gasteiger partial charge in [-0.05, 0) is 0 Å². The van der Waals surface area contributed by atoms with E-state index in [4.69, 9.17) is 14.7 Å². The fraction of sp³-hybridized carbons (Fsp3) is 0.333. The van der Waals surface area contributed by atoms with Crippen LogP contribution in [0.25, 0.3) is 0 Å². The molecule has 0 aliphatic rings. The van der Waals surface area contributed by atoms with Crippen LogP contribution in [-0.2, 0) is 31.0 Å². The Hall–Kier alpha value is -0.377. The van der Waals surface area contributed by atoms with Gasteiger partial charge in [-0.1, -0.05) is 0 Å². The van der Waals surface area contributed by atoms with Crippen molar-refractivity contribution in [3.8, 4) is 0 Å². The molecular formula is C3H8N2O3Zr. The van der Waals surface area contributed by atoms with Gasteiger partial charge in [0.15, 0.2) is 0 Å². The van der Waals surface area contributed by atoms with Gasteiger partial charge < -0.3 is 16.6 Å². The zero-order valence-corrected chi connectivity index (χ0v) is 7.38. The number of carbonyl (C=O) groups is 2. The zero-order valence-electron chi connectivity index (χ0n) is 4.92. The molecule has 0 saturated heterocycles. The van der Waals surface area contributed by atoms with Crippen LogP contribution >= 0.6 is 0 Å². The van der Waals surface area contributed by atoms with Gasteiger partial charge in [-0.2, -0.15) is 0 Å². The minimum Gasteiger partial charge on any atom is -0.481 e. The van der Waals surface area contributed by atoms with Crippen LogP contribution in [0.1, 0.15) is 6.92 Å². The van der Waals surface area contributed by atoms with Crippen molar-refractivity contribution in [2.24, 2.45) is 11.5 Å². The van der Waals surface area contributed by atoms with E-state index in [2.05, 4.69) is 11.5 Å². The molecule has 5 nitrogen and oxygen atoms in total. The average Bonchev–Trinajstić information content (AvgIpc) is 1.25. The Balaban J connectivity index is -0.0000000720. The predicted molar refractivity (Wildman–Crippen MR) is 27.1 cm³/mol. The number of nitrogens with two attached hydrogens (primary N) is 2. The van der Waals surface area contributed by atoms with E-state index >= 15 is 0 Å². The molecule has 52 valence electrons. The Morgan fingerprint density at radius 3 is 1.33 bits per heavy atom. The summed E-state index contributed by atoms with van der Waals surface area (Å²) in [4.78, 5) is 18.0. The summed E-state index contributed by atoms with van der Waals surface area (Å²) in [6.07, 6.45) is 0. The smallest absolute Gasteiger partial charge is 0.309 e. The third-order valence-corrected chi connectivity index (χ3v) is 0. The second-order valence-electron chi connectivity index (χ2n) is 0.921. The average molecular weight is 211 g/mol. The molecule has 0 unspecified atom stereocenters. The van der Waals surface area contributed by atoms with E-state index in [1.54, 1.807) is 0 Å². The van der Waals surface area contributed by atoms with E-state index < -0.39 is 12.0 Å². The summed E-state index contributed by atoms with van der Waals surface area (Å²) in [7, 11) is 0. The van der Waals surface area contributed by atoms with Crippen molar-refractivity contribution in [2.45, 2.75) is 6.92 Å². The summed E-state index contributed by atoms with van der Waals surface area (Å²) in [6.45, 7) is 1.08. The van der Waals surface area contributed by atoms with Gasteiger partial charge in [-0.15, -0.1) is 0 Å². The minimum absolute atomic E-state index is 0. The molecule has 0 aromatic carbocycles. The maximum atomic E-state index is 9.00. The Labute approximate surface area is 71.5 Å². The number of hydrogen-bond donors (Lipinski definition) is 3. The molecule has 0 rings (SSSR count). The molecule has 0 aliphatic carbocycles. The molecule has 0 fully saturated rings. The summed E-state index contributed by atoms with van der Waals surface area (Å²) in [6, 6.07) is -0.833. The molecule has 6 heteroatoms. The molecule has 0 aromatic heterocycles. The molecule has 0 heterocycles. The van der Waals surface area contributed by atoms with E-state index in [0.717, 1.165) is 6.92 Å². The second-order valence-corrected chi connectivity index (χ2v) is 0.921. The van der Waals surface area contributed by atoms with Crippen LogP contribution in [0.3, 0.4) is 0 Å². The standard InChI is InChI=1S/C2H4O2.CH4N2O.Zr/c1-2(3)4;2-1(3)4;/h1H3,(H,3,4);(H4,2,3,4);. The third-order valence-electron chi connectivity index (χ3n) is 0. The molecule has 9 heavy (non-hydrogen) atoms. The Morgan fingerprint density at radius 2 is 1.33 bits per heavy atom. The first-order valence-corrected chi connectivity index (χ1v) is 1.71. The van der Waals surface area contributed by atoms with Gasteiger partial charge in [0.05, 0.1) is 0 Å². The molecule has 0 aliphatic heterocycles. The van der Waals surface area contributed by atoms with Crippen LogP contribution in [0.2, 0.25) is 0 Å². The van der Waals surface area contributed by atoms with Crippen LogP contribution in [0.5, 0.6) is 0 Å². The molecule has 0 saturated carbocycles. The van der Waals surface area contributed by atoms with Gasteiger partial charge in [-0.3, -0.25) is 4.79 Å². The van der Waals surface area contributed by atoms with Crippen molar-refractivity contribution in [2.75, 3.05) is 0 Å². The van der Waals surface area contributed by atoms with E-state index in [9.17, 15) is 0 Å². The fourth-order valence-corrected chi connectivity index (χ4v) is 0. The monoisotopic (exact) mass is 210 g/mol. The van der Waals surface area contributed by atoms with E-state index in [1.165, 1.54) is 0 Å². The minimum atomic E-state index is -0.833. The van der Waals surface area contributed by atoms with Gasteiger partial charge in [0.1, 0.15) is 0 Å². The third kappa shape index (κ3) is 1700. The van der Waals surface area contributed by atoms with Gasteiger partial charge in [0.2, 0.25) is 0 Å². The van der Waals surface area contributed by atoms with Crippen molar-refractivity contribution in [1.29, 1.82) is 0 Å². The fourth-order valence-electron chi connectivity index (χ4n) is 0. The van der Waals surface area contributed by atoms with E-state index in [-0.39, 0.29) is 26.2 Å². The summed E-state index contributed by atoms with van der Waals surface area (Å²) < 4.78 is 0. The summed E-state index contributed by atoms with van der Waals surface area (Å²) in [5.74, 6) is -0.833. The normalized spacial score (nSPS) is 5.44. The molecule has 5 N–H and O–H groups in total. The maximum Gasteiger partial charge on any atom is 0.309 e. The van der Waals surface area contributed by atoms with Gasteiger partial charge >= 0.3 is 6.03 Å². The number of hydrogen-bond acceptors (Lipinski definition) is 2. The number of carboxylic acids is 1. The number of aliphatic carboxylic acids is 1. The number of rotatable bonds is 0. The van der Waals surface area contributed by atoms with Crippen LogP contribution in [0.4, 0.5) is 4.79 Å². The van der Waals surface area contributed by atoms with E-state index in [1.807, 2.05) is 0 Å². The van der Waals surface area contributed by atoms with Gasteiger partial charge in [0, 0.05) is 33.1 Å². The Kier molecular flexibility index (Phi) is 18.6. The van der Waals surface area contributed by atoms with Crippen LogP contribution in [0, 0.1) is 0 Å². The van der Waals surface area contributed by atoms with Crippen molar-refractivity contribution in [3.05, 3.63) is 0 Å². The molecule has 0 spiro atoms. The summed E-state index contributed by atoms with van der Waals surface area (Å²) in [5.41, 5.74) is 8.50. The number of amides is 2.